The molecule has 1 saturated heterocycles. The van der Waals surface area contributed by atoms with E-state index in [9.17, 15) is 5.11 Å². The molecule has 70 valence electrons. The fourth-order valence-corrected chi connectivity index (χ4v) is 2.35. The Labute approximate surface area is 73.5 Å². The van der Waals surface area contributed by atoms with Crippen LogP contribution in [0.5, 0.6) is 0 Å². The second-order valence-electron chi connectivity index (χ2n) is 4.39. The lowest BCUT2D eigenvalue weighted by atomic mass is 9.99. The van der Waals surface area contributed by atoms with Crippen LogP contribution in [0.25, 0.3) is 0 Å². The molecule has 3 heteroatoms. The van der Waals surface area contributed by atoms with Crippen molar-refractivity contribution in [3.8, 4) is 0 Å². The van der Waals surface area contributed by atoms with Crippen LogP contribution in [0.4, 0.5) is 0 Å². The van der Waals surface area contributed by atoms with E-state index >= 15 is 0 Å². The summed E-state index contributed by atoms with van der Waals surface area (Å²) in [5.74, 6) is 0. The number of rotatable bonds is 2. The van der Waals surface area contributed by atoms with Gasteiger partial charge in [-0.15, -0.1) is 0 Å². The number of nitrogens with two attached hydrogens (primary N) is 1. The van der Waals surface area contributed by atoms with Crippen molar-refractivity contribution in [2.75, 3.05) is 19.6 Å². The van der Waals surface area contributed by atoms with Crippen molar-refractivity contribution in [3.05, 3.63) is 0 Å². The zero-order valence-corrected chi connectivity index (χ0v) is 7.50. The first kappa shape index (κ1) is 8.48. The van der Waals surface area contributed by atoms with Gasteiger partial charge in [0.25, 0.3) is 0 Å². The second-order valence-corrected chi connectivity index (χ2v) is 4.39. The Kier molecular flexibility index (Phi) is 2.10. The average molecular weight is 170 g/mol. The highest BCUT2D eigenvalue weighted by Crippen LogP contribution is 2.30. The molecule has 0 spiro atoms. The van der Waals surface area contributed by atoms with Gasteiger partial charge in [-0.25, -0.2) is 0 Å². The van der Waals surface area contributed by atoms with Gasteiger partial charge in [0.2, 0.25) is 0 Å². The number of nitrogens with zero attached hydrogens (tertiary/aromatic N) is 1. The lowest BCUT2D eigenvalue weighted by Gasteiger charge is -2.41. The molecule has 0 aromatic heterocycles. The minimum Gasteiger partial charge on any atom is -0.389 e. The maximum absolute atomic E-state index is 10.0. The van der Waals surface area contributed by atoms with E-state index in [0.717, 1.165) is 32.5 Å². The maximum atomic E-state index is 10.0. The van der Waals surface area contributed by atoms with Gasteiger partial charge in [0.15, 0.2) is 0 Å². The van der Waals surface area contributed by atoms with Gasteiger partial charge in [0, 0.05) is 25.7 Å². The molecule has 12 heavy (non-hydrogen) atoms. The summed E-state index contributed by atoms with van der Waals surface area (Å²) >= 11 is 0. The summed E-state index contributed by atoms with van der Waals surface area (Å²) in [6.45, 7) is 2.80. The molecule has 0 unspecified atom stereocenters. The molecule has 2 rings (SSSR count). The van der Waals surface area contributed by atoms with E-state index in [1.165, 1.54) is 12.8 Å². The number of aliphatic hydroxyl groups is 1. The fraction of sp³-hybridized carbons (Fsp3) is 1.00. The highest BCUT2D eigenvalue weighted by molar-refractivity contribution is 4.92. The largest absolute Gasteiger partial charge is 0.389 e. The molecule has 0 aromatic carbocycles. The van der Waals surface area contributed by atoms with E-state index in [1.54, 1.807) is 0 Å². The zero-order valence-electron chi connectivity index (χ0n) is 7.50. The summed E-state index contributed by atoms with van der Waals surface area (Å²) in [5.41, 5.74) is 5.29. The van der Waals surface area contributed by atoms with Crippen LogP contribution in [-0.2, 0) is 0 Å². The molecule has 3 nitrogen and oxygen atoms in total. The zero-order chi connectivity index (χ0) is 8.60. The lowest BCUT2D eigenvalue weighted by Crippen LogP contribution is -2.59. The molecule has 3 N–H and O–H groups in total. The monoisotopic (exact) mass is 170 g/mol. The van der Waals surface area contributed by atoms with Crippen LogP contribution in [0.15, 0.2) is 0 Å². The summed E-state index contributed by atoms with van der Waals surface area (Å²) in [5, 5.41) is 10.0. The van der Waals surface area contributed by atoms with Gasteiger partial charge in [-0.3, -0.25) is 4.90 Å². The van der Waals surface area contributed by atoms with Crippen LogP contribution in [0.2, 0.25) is 0 Å². The van der Waals surface area contributed by atoms with Crippen LogP contribution >= 0.6 is 0 Å². The SMILES string of the molecule is NC1CN(CC2(O)CCCC2)C1. The van der Waals surface area contributed by atoms with Crippen LogP contribution < -0.4 is 5.73 Å². The minimum atomic E-state index is -0.375. The predicted octanol–water partition coefficient (Wildman–Crippen LogP) is -0.0656. The van der Waals surface area contributed by atoms with Crippen molar-refractivity contribution < 1.29 is 5.11 Å². The van der Waals surface area contributed by atoms with Crippen molar-refractivity contribution in [2.24, 2.45) is 5.73 Å². The summed E-state index contributed by atoms with van der Waals surface area (Å²) in [7, 11) is 0. The van der Waals surface area contributed by atoms with E-state index < -0.39 is 0 Å². The Balaban J connectivity index is 1.78. The Morgan fingerprint density at radius 2 is 1.92 bits per heavy atom. The third kappa shape index (κ3) is 1.63. The standard InChI is InChI=1S/C9H18N2O/c10-8-5-11(6-8)7-9(12)3-1-2-4-9/h8,12H,1-7,10H2. The van der Waals surface area contributed by atoms with E-state index in [4.69, 9.17) is 5.73 Å². The predicted molar refractivity (Wildman–Crippen MR) is 47.8 cm³/mol. The van der Waals surface area contributed by atoms with Gasteiger partial charge < -0.3 is 10.8 Å². The number of hydrogen-bond acceptors (Lipinski definition) is 3. The summed E-state index contributed by atoms with van der Waals surface area (Å²) < 4.78 is 0. The Bertz CT molecular complexity index is 160. The smallest absolute Gasteiger partial charge is 0.0774 e. The van der Waals surface area contributed by atoms with Crippen LogP contribution in [-0.4, -0.2) is 41.3 Å². The van der Waals surface area contributed by atoms with Crippen molar-refractivity contribution in [1.29, 1.82) is 0 Å². The molecule has 2 aliphatic rings. The molecular formula is C9H18N2O. The molecule has 0 aromatic rings. The first-order valence-electron chi connectivity index (χ1n) is 4.88. The minimum absolute atomic E-state index is 0.356. The van der Waals surface area contributed by atoms with E-state index in [0.29, 0.717) is 6.04 Å². The summed E-state index contributed by atoms with van der Waals surface area (Å²) in [6, 6.07) is 0.356. The molecule has 1 aliphatic carbocycles. The van der Waals surface area contributed by atoms with E-state index in [2.05, 4.69) is 4.90 Å². The van der Waals surface area contributed by atoms with Crippen molar-refractivity contribution in [1.82, 2.24) is 4.90 Å². The Morgan fingerprint density at radius 3 is 2.42 bits per heavy atom. The molecule has 2 fully saturated rings. The highest BCUT2D eigenvalue weighted by atomic mass is 16.3. The summed E-state index contributed by atoms with van der Waals surface area (Å²) in [6.07, 6.45) is 4.35. The topological polar surface area (TPSA) is 49.5 Å². The number of hydrogen-bond donors (Lipinski definition) is 2. The van der Waals surface area contributed by atoms with Gasteiger partial charge in [-0.1, -0.05) is 12.8 Å². The number of likely N-dealkylation sites (tertiary alicyclic amines) is 1. The van der Waals surface area contributed by atoms with Crippen molar-refractivity contribution >= 4 is 0 Å². The summed E-state index contributed by atoms with van der Waals surface area (Å²) in [4.78, 5) is 2.26. The highest BCUT2D eigenvalue weighted by Gasteiger charge is 2.36. The molecule has 0 amide bonds. The van der Waals surface area contributed by atoms with Gasteiger partial charge in [0.1, 0.15) is 0 Å². The van der Waals surface area contributed by atoms with E-state index in [-0.39, 0.29) is 5.60 Å². The van der Waals surface area contributed by atoms with Gasteiger partial charge >= 0.3 is 0 Å². The Hall–Kier alpha value is -0.120. The second kappa shape index (κ2) is 2.98. The third-order valence-corrected chi connectivity index (χ3v) is 3.04. The maximum Gasteiger partial charge on any atom is 0.0774 e. The molecule has 1 aliphatic heterocycles. The molecule has 1 heterocycles. The molecule has 0 radical (unpaired) electrons. The van der Waals surface area contributed by atoms with Crippen LogP contribution in [0.3, 0.4) is 0 Å². The van der Waals surface area contributed by atoms with Crippen molar-refractivity contribution in [3.63, 3.8) is 0 Å². The van der Waals surface area contributed by atoms with Crippen LogP contribution in [0, 0.1) is 0 Å². The lowest BCUT2D eigenvalue weighted by molar-refractivity contribution is -0.0134. The average Bonchev–Trinajstić information content (AvgIpc) is 2.33. The van der Waals surface area contributed by atoms with Gasteiger partial charge in [0.05, 0.1) is 5.60 Å². The van der Waals surface area contributed by atoms with Gasteiger partial charge in [-0.05, 0) is 12.8 Å². The fourth-order valence-electron chi connectivity index (χ4n) is 2.35. The quantitative estimate of drug-likeness (QED) is 0.610. The van der Waals surface area contributed by atoms with Crippen LogP contribution in [0.1, 0.15) is 25.7 Å². The first-order chi connectivity index (χ1) is 5.68. The normalized spacial score (nSPS) is 30.5. The molecular weight excluding hydrogens is 152 g/mol. The molecule has 0 atom stereocenters. The molecule has 1 saturated carbocycles. The van der Waals surface area contributed by atoms with E-state index in [1.807, 2.05) is 0 Å². The number of β-amino-alcohol motifs (C(OH)–C–C–N with tert-alkyl or cyclic N) is 1. The molecule has 0 bridgehead atoms. The first-order valence-corrected chi connectivity index (χ1v) is 4.88. The Morgan fingerprint density at radius 1 is 1.33 bits per heavy atom. The third-order valence-electron chi connectivity index (χ3n) is 3.04. The van der Waals surface area contributed by atoms with Crippen molar-refractivity contribution in [2.45, 2.75) is 37.3 Å². The van der Waals surface area contributed by atoms with Gasteiger partial charge in [-0.2, -0.15) is 0 Å².